The third-order valence-electron chi connectivity index (χ3n) is 20.7. The fourth-order valence-electron chi connectivity index (χ4n) is 17.1. The Kier molecular flexibility index (Phi) is 7.54. The molecule has 8 aromatic carbocycles. The van der Waals surface area contributed by atoms with Crippen molar-refractivity contribution >= 4 is 113 Å². The van der Waals surface area contributed by atoms with Gasteiger partial charge in [0.25, 0.3) is 46.7 Å². The molecular weight excluding hydrogens is 1110 g/mol. The minimum absolute atomic E-state index is 0.906. The van der Waals surface area contributed by atoms with E-state index in [1.807, 2.05) is 0 Å². The standard InChI is InChI=1S/2C37H24N8/c1-17-5-9-21-25(13-17)33-39-31-23-11-7-18(2)14-26(23)34-40-32-24-12-8-20(4)16-28(24)36-41-35-27-15-19(3)6-10-22(27)30-38-29(21)42(33)37(43(30)35,44(31)34)45(32)36;1-17-5-9-21-25(13-17)33-40-34-26-14-18(2)6-10-22(26)31-39-32-24-12-8-20(4)16-28(24)36-41-35-27-15-19(3)7-11-23(27)30-38-29(21)42(33)37(43(31)34,44(30)35)45(32)36/h2*5-16H,1-4H3/q2*+2/t37-;/m0./s1. The molecular formula is C74H48N16+4. The number of nitrogens with zero attached hydrogens (tertiary/aromatic N) is 16. The summed E-state index contributed by atoms with van der Waals surface area (Å²) < 4.78 is 18.9. The third kappa shape index (κ3) is 4.83. The number of aromatic nitrogens is 4. The average Bonchev–Trinajstić information content (AvgIpc) is 1.45. The molecule has 12 aromatic rings. The zero-order valence-corrected chi connectivity index (χ0v) is 50.0. The van der Waals surface area contributed by atoms with Gasteiger partial charge in [0.05, 0.1) is 44.5 Å². The van der Waals surface area contributed by atoms with Gasteiger partial charge in [-0.05, 0) is 152 Å². The summed E-state index contributed by atoms with van der Waals surface area (Å²) in [4.78, 5) is 44.1. The first-order valence-electron chi connectivity index (χ1n) is 30.8. The monoisotopic (exact) mass is 1160 g/mol. The second-order valence-corrected chi connectivity index (χ2v) is 26.3. The zero-order chi connectivity index (χ0) is 59.3. The lowest BCUT2D eigenvalue weighted by Crippen LogP contribution is -2.71. The molecule has 16 nitrogen and oxygen atoms in total. The molecule has 0 radical (unpaired) electrons. The Hall–Kier alpha value is -11.5. The summed E-state index contributed by atoms with van der Waals surface area (Å²) in [5, 5.41) is 8.79. The third-order valence-corrected chi connectivity index (χ3v) is 20.7. The van der Waals surface area contributed by atoms with Gasteiger partial charge in [-0.3, -0.25) is 0 Å². The van der Waals surface area contributed by atoms with E-state index in [2.05, 4.69) is 238 Å². The van der Waals surface area contributed by atoms with Gasteiger partial charge in [-0.15, -0.1) is 18.3 Å². The van der Waals surface area contributed by atoms with E-state index in [0.717, 1.165) is 180 Å². The van der Waals surface area contributed by atoms with E-state index in [4.69, 9.17) is 39.9 Å². The molecule has 0 saturated heterocycles. The van der Waals surface area contributed by atoms with Crippen molar-refractivity contribution in [2.24, 2.45) is 39.9 Å². The highest BCUT2D eigenvalue weighted by Gasteiger charge is 2.72. The molecule has 0 saturated carbocycles. The van der Waals surface area contributed by atoms with Crippen molar-refractivity contribution in [2.45, 2.75) is 67.2 Å². The molecule has 16 heteroatoms. The largest absolute Gasteiger partial charge is 0.404 e. The van der Waals surface area contributed by atoms with Gasteiger partial charge >= 0.3 is 11.8 Å². The van der Waals surface area contributed by atoms with Crippen molar-refractivity contribution < 1.29 is 18.3 Å². The number of amidine groups is 8. The first kappa shape index (κ1) is 46.7. The number of aryl methyl sites for hydroxylation is 8. The first-order valence-corrected chi connectivity index (χ1v) is 30.8. The number of benzene rings is 8. The SMILES string of the molecule is Cc1ccc2c(c1)C1=Nc3c4cc(C)ccc4c4n3C35n6c(c7ccc(C)cc7c6=NC6=[N+]3C(=N4)c3ccc(C)cc36)=NC2=[N+]15.Cc1ccc2c(c1)C1=Nc3c4ccc(C)cc4c4n3[C@]35n6c(c7ccc(C)cc7c6=NC6=[N+]3C(=N4)c3ccc(C)cc36)=NC2=[N+]15. The van der Waals surface area contributed by atoms with Crippen molar-refractivity contribution in [3.05, 3.63) is 257 Å². The normalized spacial score (nSPS) is 20.1. The van der Waals surface area contributed by atoms with Gasteiger partial charge in [0.2, 0.25) is 45.2 Å². The number of aliphatic imine (C=N–C) groups is 4. The van der Waals surface area contributed by atoms with Crippen molar-refractivity contribution in [2.75, 3.05) is 0 Å². The fraction of sp³-hybridized carbons (Fsp3) is 0.135. The van der Waals surface area contributed by atoms with Crippen LogP contribution >= 0.6 is 0 Å². The molecule has 12 aliphatic heterocycles. The maximum Gasteiger partial charge on any atom is 0.404 e. The number of rotatable bonds is 0. The molecule has 420 valence electrons. The van der Waals surface area contributed by atoms with Crippen molar-refractivity contribution in [1.82, 2.24) is 18.3 Å². The highest BCUT2D eigenvalue weighted by molar-refractivity contribution is 6.23. The molecule has 90 heavy (non-hydrogen) atoms. The van der Waals surface area contributed by atoms with Gasteiger partial charge in [0.1, 0.15) is 0 Å². The Labute approximate surface area is 510 Å². The molecule has 0 N–H and O–H groups in total. The molecule has 2 spiro atoms. The molecule has 16 heterocycles. The van der Waals surface area contributed by atoms with Crippen LogP contribution in [0, 0.1) is 55.4 Å². The minimum atomic E-state index is -0.947. The van der Waals surface area contributed by atoms with Gasteiger partial charge in [-0.1, -0.05) is 133 Å². The molecule has 4 aromatic heterocycles. The highest BCUT2D eigenvalue weighted by atomic mass is 15.7. The molecule has 0 amide bonds. The summed E-state index contributed by atoms with van der Waals surface area (Å²) in [6.45, 7) is 17.2. The maximum absolute atomic E-state index is 5.53. The van der Waals surface area contributed by atoms with Crippen LogP contribution in [0.2, 0.25) is 0 Å². The summed E-state index contributed by atoms with van der Waals surface area (Å²) in [5.74, 6) is 9.00. The molecule has 0 aliphatic carbocycles. The van der Waals surface area contributed by atoms with Crippen LogP contribution in [0.1, 0.15) is 89.0 Å². The van der Waals surface area contributed by atoms with Crippen molar-refractivity contribution in [1.29, 1.82) is 0 Å². The van der Waals surface area contributed by atoms with Gasteiger partial charge in [-0.2, -0.15) is 18.3 Å². The Morgan fingerprint density at radius 2 is 0.500 bits per heavy atom. The first-order chi connectivity index (χ1) is 43.9. The summed E-state index contributed by atoms with van der Waals surface area (Å²) in [7, 11) is 0. The van der Waals surface area contributed by atoms with E-state index in [9.17, 15) is 0 Å². The Bertz CT molecular complexity index is 6380. The summed E-state index contributed by atoms with van der Waals surface area (Å²) in [5.41, 5.74) is 22.0. The Balaban J connectivity index is 0.000000116. The number of hydrogen-bond acceptors (Lipinski definition) is 8. The smallest absolute Gasteiger partial charge is 0.192 e. The van der Waals surface area contributed by atoms with Gasteiger partial charge in [-0.25, -0.2) is 0 Å². The van der Waals surface area contributed by atoms with Crippen LogP contribution in [0.4, 0.5) is 23.3 Å². The number of fused-ring (bicyclic) bond motifs is 24. The van der Waals surface area contributed by atoms with Gasteiger partial charge in [0.15, 0.2) is 0 Å². The van der Waals surface area contributed by atoms with Crippen LogP contribution in [0.15, 0.2) is 186 Å². The van der Waals surface area contributed by atoms with Crippen LogP contribution in [-0.2, 0) is 11.8 Å². The van der Waals surface area contributed by atoms with Crippen molar-refractivity contribution in [3.8, 4) is 0 Å². The van der Waals surface area contributed by atoms with Crippen molar-refractivity contribution in [3.63, 3.8) is 0 Å². The lowest BCUT2D eigenvalue weighted by atomic mass is 10.0. The van der Waals surface area contributed by atoms with Crippen LogP contribution in [0.25, 0.3) is 43.1 Å². The summed E-state index contributed by atoms with van der Waals surface area (Å²) in [6.07, 6.45) is 0. The second kappa shape index (κ2) is 14.6. The van der Waals surface area contributed by atoms with Crippen LogP contribution in [0.3, 0.4) is 0 Å². The van der Waals surface area contributed by atoms with E-state index < -0.39 is 11.8 Å². The molecule has 2 atom stereocenters. The topological polar surface area (TPSA) is 131 Å². The quantitative estimate of drug-likeness (QED) is 0.134. The molecule has 0 fully saturated rings. The van der Waals surface area contributed by atoms with E-state index in [1.165, 1.54) is 44.5 Å². The number of hydrogen-bond donors (Lipinski definition) is 0. The molecule has 0 bridgehead atoms. The lowest BCUT2D eigenvalue weighted by molar-refractivity contribution is -0.791. The van der Waals surface area contributed by atoms with Gasteiger partial charge < -0.3 is 0 Å². The zero-order valence-electron chi connectivity index (χ0n) is 50.0. The molecule has 12 aliphatic rings. The Morgan fingerprint density at radius 1 is 0.233 bits per heavy atom. The van der Waals surface area contributed by atoms with E-state index in [1.54, 1.807) is 0 Å². The summed E-state index contributed by atoms with van der Waals surface area (Å²) >= 11 is 0. The highest BCUT2D eigenvalue weighted by Crippen LogP contribution is 2.55. The van der Waals surface area contributed by atoms with Crippen LogP contribution in [0.5, 0.6) is 0 Å². The predicted octanol–water partition coefficient (Wildman–Crippen LogP) is 9.88. The van der Waals surface area contributed by atoms with Crippen LogP contribution in [-0.4, -0.2) is 83.3 Å². The maximum atomic E-state index is 5.53. The van der Waals surface area contributed by atoms with Crippen LogP contribution < -0.4 is 22.0 Å². The lowest BCUT2D eigenvalue weighted by Gasteiger charge is -2.40. The fourth-order valence-corrected chi connectivity index (χ4v) is 17.1. The minimum Gasteiger partial charge on any atom is -0.192 e. The van der Waals surface area contributed by atoms with Gasteiger partial charge in [0, 0.05) is 43.1 Å². The average molecular weight is 1160 g/mol. The second-order valence-electron chi connectivity index (χ2n) is 26.3. The van der Waals surface area contributed by atoms with E-state index in [-0.39, 0.29) is 0 Å². The Morgan fingerprint density at radius 3 is 0.878 bits per heavy atom. The van der Waals surface area contributed by atoms with E-state index >= 15 is 0 Å². The summed E-state index contributed by atoms with van der Waals surface area (Å²) in [6, 6.07) is 53.2. The predicted molar refractivity (Wildman–Crippen MR) is 345 cm³/mol. The molecule has 1 unspecified atom stereocenters. The molecule has 24 rings (SSSR count). The van der Waals surface area contributed by atoms with E-state index in [0.29, 0.717) is 0 Å².